The number of nitrogens with one attached hydrogen (secondary N) is 1. The van der Waals surface area contributed by atoms with Gasteiger partial charge in [0.05, 0.1) is 12.0 Å². The molecule has 2 aromatic rings. The highest BCUT2D eigenvalue weighted by Crippen LogP contribution is 2.45. The van der Waals surface area contributed by atoms with E-state index in [1.807, 2.05) is 41.3 Å². The number of carbonyl (C=O) groups excluding carboxylic acids is 2. The van der Waals surface area contributed by atoms with Crippen molar-refractivity contribution in [1.29, 1.82) is 0 Å². The minimum atomic E-state index is -0.400. The second-order valence-electron chi connectivity index (χ2n) is 7.09. The topological polar surface area (TPSA) is 58.6 Å². The second kappa shape index (κ2) is 7.53. The normalized spacial score (nSPS) is 20.5. The van der Waals surface area contributed by atoms with Gasteiger partial charge >= 0.3 is 0 Å². The van der Waals surface area contributed by atoms with Crippen LogP contribution in [0, 0.1) is 0 Å². The van der Waals surface area contributed by atoms with Crippen molar-refractivity contribution in [2.45, 2.75) is 24.8 Å². The summed E-state index contributed by atoms with van der Waals surface area (Å²) in [4.78, 5) is 28.2. The van der Waals surface area contributed by atoms with E-state index < -0.39 is 5.92 Å². The molecule has 1 N–H and O–H groups in total. The summed E-state index contributed by atoms with van der Waals surface area (Å²) in [5.41, 5.74) is 3.78. The highest BCUT2D eigenvalue weighted by atomic mass is 16.5. The van der Waals surface area contributed by atoms with Crippen LogP contribution in [0.2, 0.25) is 0 Å². The van der Waals surface area contributed by atoms with Crippen molar-refractivity contribution in [2.75, 3.05) is 26.8 Å². The number of fused-ring (bicyclic) bond motifs is 4. The first-order valence-corrected chi connectivity index (χ1v) is 9.46. The summed E-state index contributed by atoms with van der Waals surface area (Å²) >= 11 is 0. The van der Waals surface area contributed by atoms with Gasteiger partial charge in [-0.25, -0.2) is 0 Å². The molecular formula is C22H24N2O3. The summed E-state index contributed by atoms with van der Waals surface area (Å²) < 4.78 is 5.07. The van der Waals surface area contributed by atoms with E-state index in [1.165, 1.54) is 5.56 Å². The van der Waals surface area contributed by atoms with E-state index in [-0.39, 0.29) is 17.9 Å². The fourth-order valence-electron chi connectivity index (χ4n) is 4.30. The molecule has 0 spiro atoms. The lowest BCUT2D eigenvalue weighted by Gasteiger charge is -2.45. The van der Waals surface area contributed by atoms with Gasteiger partial charge in [-0.2, -0.15) is 0 Å². The monoisotopic (exact) mass is 364 g/mol. The Balaban J connectivity index is 1.74. The molecule has 2 heterocycles. The molecular weight excluding hydrogens is 340 g/mol. The third kappa shape index (κ3) is 3.12. The maximum Gasteiger partial charge on any atom is 0.254 e. The van der Waals surface area contributed by atoms with Gasteiger partial charge < -0.3 is 15.0 Å². The third-order valence-corrected chi connectivity index (χ3v) is 5.54. The van der Waals surface area contributed by atoms with E-state index in [2.05, 4.69) is 17.4 Å². The average molecular weight is 364 g/mol. The predicted molar refractivity (Wildman–Crippen MR) is 103 cm³/mol. The number of amides is 2. The Bertz CT molecular complexity index is 864. The van der Waals surface area contributed by atoms with Gasteiger partial charge in [0.1, 0.15) is 0 Å². The Kier molecular flexibility index (Phi) is 4.94. The molecule has 0 saturated heterocycles. The third-order valence-electron chi connectivity index (χ3n) is 5.54. The molecule has 2 unspecified atom stereocenters. The van der Waals surface area contributed by atoms with Crippen molar-refractivity contribution in [3.8, 4) is 0 Å². The smallest absolute Gasteiger partial charge is 0.254 e. The summed E-state index contributed by atoms with van der Waals surface area (Å²) in [5.74, 6) is -0.408. The predicted octanol–water partition coefficient (Wildman–Crippen LogP) is 2.68. The molecule has 2 aliphatic heterocycles. The molecule has 0 fully saturated rings. The molecule has 2 aliphatic rings. The number of carbonyl (C=O) groups is 2. The summed E-state index contributed by atoms with van der Waals surface area (Å²) in [6.07, 6.45) is 1.59. The van der Waals surface area contributed by atoms with Gasteiger partial charge in [-0.05, 0) is 35.6 Å². The fourth-order valence-corrected chi connectivity index (χ4v) is 4.30. The zero-order valence-electron chi connectivity index (χ0n) is 15.5. The lowest BCUT2D eigenvalue weighted by Crippen LogP contribution is -2.50. The number of ether oxygens (including phenoxy) is 1. The Morgan fingerprint density at radius 1 is 1.15 bits per heavy atom. The molecule has 5 heteroatoms. The van der Waals surface area contributed by atoms with Crippen LogP contribution in [-0.4, -0.2) is 43.5 Å². The van der Waals surface area contributed by atoms with Crippen molar-refractivity contribution < 1.29 is 14.3 Å². The molecule has 140 valence electrons. The Morgan fingerprint density at radius 2 is 1.89 bits per heavy atom. The molecule has 0 saturated carbocycles. The minimum absolute atomic E-state index is 0.0218. The summed E-state index contributed by atoms with van der Waals surface area (Å²) in [6, 6.07) is 15.4. The highest BCUT2D eigenvalue weighted by Gasteiger charge is 2.45. The first-order valence-electron chi connectivity index (χ1n) is 9.46. The van der Waals surface area contributed by atoms with Crippen LogP contribution in [0.3, 0.4) is 0 Å². The van der Waals surface area contributed by atoms with Crippen LogP contribution < -0.4 is 5.32 Å². The number of methoxy groups -OCH3 is 1. The van der Waals surface area contributed by atoms with Crippen LogP contribution in [0.15, 0.2) is 48.5 Å². The number of benzene rings is 2. The van der Waals surface area contributed by atoms with Crippen molar-refractivity contribution in [2.24, 2.45) is 0 Å². The number of hydrogen-bond donors (Lipinski definition) is 1. The molecule has 27 heavy (non-hydrogen) atoms. The summed E-state index contributed by atoms with van der Waals surface area (Å²) in [6.45, 7) is 1.81. The molecule has 0 aromatic heterocycles. The molecule has 4 rings (SSSR count). The van der Waals surface area contributed by atoms with Crippen LogP contribution >= 0.6 is 0 Å². The van der Waals surface area contributed by atoms with E-state index >= 15 is 0 Å². The van der Waals surface area contributed by atoms with Crippen molar-refractivity contribution in [1.82, 2.24) is 10.2 Å². The van der Waals surface area contributed by atoms with E-state index in [9.17, 15) is 9.59 Å². The first-order chi connectivity index (χ1) is 13.2. The lowest BCUT2D eigenvalue weighted by atomic mass is 9.76. The van der Waals surface area contributed by atoms with Gasteiger partial charge in [-0.1, -0.05) is 42.5 Å². The number of rotatable bonds is 5. The van der Waals surface area contributed by atoms with Gasteiger partial charge in [0.15, 0.2) is 0 Å². The zero-order valence-corrected chi connectivity index (χ0v) is 15.5. The zero-order chi connectivity index (χ0) is 18.8. The van der Waals surface area contributed by atoms with E-state index in [0.717, 1.165) is 24.0 Å². The first kappa shape index (κ1) is 17.7. The average Bonchev–Trinajstić information content (AvgIpc) is 2.71. The highest BCUT2D eigenvalue weighted by molar-refractivity contribution is 6.01. The summed E-state index contributed by atoms with van der Waals surface area (Å²) in [7, 11) is 1.65. The van der Waals surface area contributed by atoms with Gasteiger partial charge in [0, 0.05) is 32.4 Å². The molecule has 5 nitrogen and oxygen atoms in total. The van der Waals surface area contributed by atoms with Crippen molar-refractivity contribution in [3.63, 3.8) is 0 Å². The van der Waals surface area contributed by atoms with Gasteiger partial charge in [-0.3, -0.25) is 9.59 Å². The van der Waals surface area contributed by atoms with Gasteiger partial charge in [-0.15, -0.1) is 0 Å². The van der Waals surface area contributed by atoms with E-state index in [1.54, 1.807) is 7.11 Å². The fraction of sp³-hybridized carbons (Fsp3) is 0.364. The lowest BCUT2D eigenvalue weighted by molar-refractivity contribution is -0.124. The molecule has 0 aliphatic carbocycles. The van der Waals surface area contributed by atoms with Gasteiger partial charge in [0.2, 0.25) is 5.91 Å². The second-order valence-corrected chi connectivity index (χ2v) is 7.09. The maximum atomic E-state index is 13.2. The van der Waals surface area contributed by atoms with Crippen LogP contribution in [0.1, 0.15) is 45.4 Å². The largest absolute Gasteiger partial charge is 0.385 e. The molecule has 0 bridgehead atoms. The van der Waals surface area contributed by atoms with Crippen LogP contribution in [0.25, 0.3) is 0 Å². The number of nitrogens with zero attached hydrogens (tertiary/aromatic N) is 1. The standard InChI is InChI=1S/C22H24N2O3/c1-27-14-6-12-23-21(25)19-17-9-4-5-10-18(17)22(26)24-13-11-15-7-2-3-8-16(15)20(19)24/h2-5,7-10,19-20H,6,11-14H2,1H3,(H,23,25). The van der Waals surface area contributed by atoms with Crippen LogP contribution in [-0.2, 0) is 16.0 Å². The van der Waals surface area contributed by atoms with Crippen LogP contribution in [0.5, 0.6) is 0 Å². The Hall–Kier alpha value is -2.66. The Labute approximate surface area is 159 Å². The quantitative estimate of drug-likeness (QED) is 0.830. The maximum absolute atomic E-state index is 13.2. The van der Waals surface area contributed by atoms with Crippen LogP contribution in [0.4, 0.5) is 0 Å². The minimum Gasteiger partial charge on any atom is -0.385 e. The molecule has 2 atom stereocenters. The SMILES string of the molecule is COCCCNC(=O)C1c2ccccc2C(=O)N2CCc3ccccc3C12. The Morgan fingerprint density at radius 3 is 2.70 bits per heavy atom. The van der Waals surface area contributed by atoms with Gasteiger partial charge in [0.25, 0.3) is 5.91 Å². The summed E-state index contributed by atoms with van der Waals surface area (Å²) in [5, 5.41) is 3.05. The number of hydrogen-bond acceptors (Lipinski definition) is 3. The van der Waals surface area contributed by atoms with Crippen molar-refractivity contribution >= 4 is 11.8 Å². The van der Waals surface area contributed by atoms with Crippen molar-refractivity contribution in [3.05, 3.63) is 70.8 Å². The van der Waals surface area contributed by atoms with E-state index in [4.69, 9.17) is 4.74 Å². The molecule has 2 aromatic carbocycles. The van der Waals surface area contributed by atoms with E-state index in [0.29, 0.717) is 25.3 Å². The molecule has 2 amide bonds. The molecule has 0 radical (unpaired) electrons.